The summed E-state index contributed by atoms with van der Waals surface area (Å²) in [5.41, 5.74) is 3.78. The lowest BCUT2D eigenvalue weighted by Crippen LogP contribution is -2.38. The average molecular weight is 383 g/mol. The van der Waals surface area contributed by atoms with Crippen molar-refractivity contribution < 1.29 is 14.2 Å². The number of hydrogen-bond acceptors (Lipinski definition) is 4. The van der Waals surface area contributed by atoms with Gasteiger partial charge in [-0.1, -0.05) is 24.3 Å². The van der Waals surface area contributed by atoms with Crippen molar-refractivity contribution >= 4 is 5.96 Å². The summed E-state index contributed by atoms with van der Waals surface area (Å²) in [5.74, 6) is 3.21. The third-order valence-corrected chi connectivity index (χ3v) is 5.11. The largest absolute Gasteiger partial charge is 0.493 e. The van der Waals surface area contributed by atoms with E-state index in [9.17, 15) is 0 Å². The van der Waals surface area contributed by atoms with Crippen molar-refractivity contribution in [2.24, 2.45) is 4.99 Å². The predicted molar refractivity (Wildman–Crippen MR) is 112 cm³/mol. The molecule has 2 aromatic carbocycles. The monoisotopic (exact) mass is 383 g/mol. The van der Waals surface area contributed by atoms with Gasteiger partial charge in [-0.2, -0.15) is 0 Å². The van der Waals surface area contributed by atoms with Crippen LogP contribution in [0.5, 0.6) is 17.2 Å². The Kier molecular flexibility index (Phi) is 6.29. The van der Waals surface area contributed by atoms with E-state index < -0.39 is 0 Å². The standard InChI is InChI=1S/C22H29N3O3/c1-14-8-6-7-9-16(14)17-12-18(17)25-22(23-2)24-13-15-10-19(26-3)21(28-5)20(11-15)27-4/h6-11,17-18H,12-13H2,1-5H3,(H2,23,24,25). The van der Waals surface area contributed by atoms with Crippen LogP contribution in [0.15, 0.2) is 41.4 Å². The molecule has 0 bridgehead atoms. The van der Waals surface area contributed by atoms with E-state index in [1.807, 2.05) is 12.1 Å². The average Bonchev–Trinajstić information content (AvgIpc) is 3.49. The first kappa shape index (κ1) is 19.9. The maximum atomic E-state index is 5.42. The number of guanidine groups is 1. The molecule has 0 amide bonds. The van der Waals surface area contributed by atoms with Crippen molar-refractivity contribution in [3.05, 3.63) is 53.1 Å². The van der Waals surface area contributed by atoms with Gasteiger partial charge in [-0.25, -0.2) is 0 Å². The van der Waals surface area contributed by atoms with Crippen LogP contribution >= 0.6 is 0 Å². The fourth-order valence-electron chi connectivity index (χ4n) is 3.49. The van der Waals surface area contributed by atoms with E-state index >= 15 is 0 Å². The fraction of sp³-hybridized carbons (Fsp3) is 0.409. The van der Waals surface area contributed by atoms with E-state index in [0.29, 0.717) is 35.8 Å². The Morgan fingerprint density at radius 2 is 1.75 bits per heavy atom. The summed E-state index contributed by atoms with van der Waals surface area (Å²) >= 11 is 0. The Balaban J connectivity index is 1.62. The lowest BCUT2D eigenvalue weighted by molar-refractivity contribution is 0.323. The summed E-state index contributed by atoms with van der Waals surface area (Å²) in [6.45, 7) is 2.76. The zero-order chi connectivity index (χ0) is 20.1. The highest BCUT2D eigenvalue weighted by Crippen LogP contribution is 2.42. The van der Waals surface area contributed by atoms with Crippen LogP contribution in [0.1, 0.15) is 29.0 Å². The molecule has 6 nitrogen and oxygen atoms in total. The Labute approximate surface area is 166 Å². The number of nitrogens with zero attached hydrogens (tertiary/aromatic N) is 1. The molecule has 0 aromatic heterocycles. The predicted octanol–water partition coefficient (Wildman–Crippen LogP) is 3.24. The zero-order valence-electron chi connectivity index (χ0n) is 17.2. The van der Waals surface area contributed by atoms with Crippen LogP contribution in [0.25, 0.3) is 0 Å². The third-order valence-electron chi connectivity index (χ3n) is 5.11. The summed E-state index contributed by atoms with van der Waals surface area (Å²) in [4.78, 5) is 4.36. The van der Waals surface area contributed by atoms with Crippen molar-refractivity contribution in [1.29, 1.82) is 0 Å². The zero-order valence-corrected chi connectivity index (χ0v) is 17.2. The second-order valence-corrected chi connectivity index (χ2v) is 6.91. The molecule has 2 N–H and O–H groups in total. The summed E-state index contributed by atoms with van der Waals surface area (Å²) in [7, 11) is 6.63. The fourth-order valence-corrected chi connectivity index (χ4v) is 3.49. The number of benzene rings is 2. The van der Waals surface area contributed by atoms with E-state index in [-0.39, 0.29) is 0 Å². The molecular formula is C22H29N3O3. The number of hydrogen-bond donors (Lipinski definition) is 2. The number of methoxy groups -OCH3 is 3. The van der Waals surface area contributed by atoms with Crippen LogP contribution in [0.4, 0.5) is 0 Å². The number of nitrogens with one attached hydrogen (secondary N) is 2. The van der Waals surface area contributed by atoms with Crippen molar-refractivity contribution in [1.82, 2.24) is 10.6 Å². The quantitative estimate of drug-likeness (QED) is 0.568. The van der Waals surface area contributed by atoms with Crippen molar-refractivity contribution in [3.8, 4) is 17.2 Å². The number of aliphatic imine (C=N–C) groups is 1. The van der Waals surface area contributed by atoms with E-state index in [1.165, 1.54) is 11.1 Å². The maximum Gasteiger partial charge on any atom is 0.203 e. The van der Waals surface area contributed by atoms with Crippen molar-refractivity contribution in [3.63, 3.8) is 0 Å². The molecule has 6 heteroatoms. The summed E-state index contributed by atoms with van der Waals surface area (Å²) in [6.07, 6.45) is 1.12. The first-order valence-corrected chi connectivity index (χ1v) is 9.42. The third kappa shape index (κ3) is 4.32. The molecule has 2 unspecified atom stereocenters. The summed E-state index contributed by atoms with van der Waals surface area (Å²) in [5, 5.41) is 6.89. The maximum absolute atomic E-state index is 5.42. The van der Waals surface area contributed by atoms with Crippen LogP contribution < -0.4 is 24.8 Å². The molecule has 0 heterocycles. The Bertz CT molecular complexity index is 826. The van der Waals surface area contributed by atoms with Crippen molar-refractivity contribution in [2.75, 3.05) is 28.4 Å². The number of ether oxygens (including phenoxy) is 3. The molecule has 1 saturated carbocycles. The van der Waals surface area contributed by atoms with Crippen molar-refractivity contribution in [2.45, 2.75) is 31.8 Å². The number of rotatable bonds is 7. The van der Waals surface area contributed by atoms with Crippen LogP contribution in [0.2, 0.25) is 0 Å². The molecule has 1 aliphatic rings. The van der Waals surface area contributed by atoms with Crippen LogP contribution in [-0.4, -0.2) is 40.4 Å². The van der Waals surface area contributed by atoms with Gasteiger partial charge in [0.25, 0.3) is 0 Å². The first-order chi connectivity index (χ1) is 13.6. The summed E-state index contributed by atoms with van der Waals surface area (Å²) < 4.78 is 16.2. The molecule has 0 spiro atoms. The highest BCUT2D eigenvalue weighted by molar-refractivity contribution is 5.80. The van der Waals surface area contributed by atoms with Gasteiger partial charge in [0, 0.05) is 25.6 Å². The molecule has 1 fully saturated rings. The Hall–Kier alpha value is -2.89. The van der Waals surface area contributed by atoms with Gasteiger partial charge in [-0.3, -0.25) is 4.99 Å². The van der Waals surface area contributed by atoms with E-state index in [4.69, 9.17) is 14.2 Å². The van der Waals surface area contributed by atoms with Gasteiger partial charge in [0.05, 0.1) is 21.3 Å². The van der Waals surface area contributed by atoms with Crippen LogP contribution in [-0.2, 0) is 6.54 Å². The molecule has 0 radical (unpaired) electrons. The molecule has 2 aromatic rings. The smallest absolute Gasteiger partial charge is 0.203 e. The minimum Gasteiger partial charge on any atom is -0.493 e. The minimum absolute atomic E-state index is 0.409. The van der Waals surface area contributed by atoms with Gasteiger partial charge in [-0.15, -0.1) is 0 Å². The van der Waals surface area contributed by atoms with Gasteiger partial charge in [0.2, 0.25) is 5.75 Å². The highest BCUT2D eigenvalue weighted by Gasteiger charge is 2.39. The molecule has 2 atom stereocenters. The minimum atomic E-state index is 0.409. The molecular weight excluding hydrogens is 354 g/mol. The first-order valence-electron chi connectivity index (χ1n) is 9.42. The normalized spacial score (nSPS) is 18.4. The van der Waals surface area contributed by atoms with E-state index in [0.717, 1.165) is 17.9 Å². The van der Waals surface area contributed by atoms with E-state index in [2.05, 4.69) is 46.8 Å². The number of aryl methyl sites for hydroxylation is 1. The lowest BCUT2D eigenvalue weighted by atomic mass is 10.0. The highest BCUT2D eigenvalue weighted by atomic mass is 16.5. The SMILES string of the molecule is CN=C(NCc1cc(OC)c(OC)c(OC)c1)NC1CC1c1ccccc1C. The van der Waals surface area contributed by atoms with E-state index in [1.54, 1.807) is 28.4 Å². The lowest BCUT2D eigenvalue weighted by Gasteiger charge is -2.16. The van der Waals surface area contributed by atoms with Gasteiger partial charge >= 0.3 is 0 Å². The Morgan fingerprint density at radius 1 is 1.07 bits per heavy atom. The molecule has 1 aliphatic carbocycles. The van der Waals surface area contributed by atoms with Crippen LogP contribution in [0, 0.1) is 6.92 Å². The Morgan fingerprint density at radius 3 is 2.32 bits per heavy atom. The topological polar surface area (TPSA) is 64.1 Å². The van der Waals surface area contributed by atoms with Gasteiger partial charge in [0.15, 0.2) is 17.5 Å². The summed E-state index contributed by atoms with van der Waals surface area (Å²) in [6, 6.07) is 12.9. The van der Waals surface area contributed by atoms with Gasteiger partial charge in [-0.05, 0) is 42.2 Å². The second-order valence-electron chi connectivity index (χ2n) is 6.91. The van der Waals surface area contributed by atoms with Crippen LogP contribution in [0.3, 0.4) is 0 Å². The molecule has 0 aliphatic heterocycles. The molecule has 0 saturated heterocycles. The molecule has 28 heavy (non-hydrogen) atoms. The van der Waals surface area contributed by atoms with Gasteiger partial charge < -0.3 is 24.8 Å². The molecule has 3 rings (SSSR count). The second kappa shape index (κ2) is 8.87. The van der Waals surface area contributed by atoms with Gasteiger partial charge in [0.1, 0.15) is 0 Å². The molecule has 150 valence electrons.